The summed E-state index contributed by atoms with van der Waals surface area (Å²) in [6.07, 6.45) is 5.10. The van der Waals surface area contributed by atoms with E-state index in [9.17, 15) is 34.8 Å². The summed E-state index contributed by atoms with van der Waals surface area (Å²) < 4.78 is 5.23. The molecule has 4 rings (SSSR count). The molecule has 40 heavy (non-hydrogen) atoms. The van der Waals surface area contributed by atoms with Gasteiger partial charge in [0.2, 0.25) is 0 Å². The van der Waals surface area contributed by atoms with E-state index < -0.39 is 62.7 Å². The van der Waals surface area contributed by atoms with E-state index in [1.165, 1.54) is 26.0 Å². The number of ketones is 2. The molecular weight excluding hydrogens is 512 g/mol. The summed E-state index contributed by atoms with van der Waals surface area (Å²) in [7, 11) is 0. The third kappa shape index (κ3) is 4.19. The fourth-order valence-electron chi connectivity index (χ4n) is 9.56. The number of allylic oxidation sites excluding steroid dienone is 1. The number of rotatable bonds is 6. The second kappa shape index (κ2) is 9.58. The van der Waals surface area contributed by atoms with Gasteiger partial charge in [-0.05, 0) is 81.3 Å². The zero-order chi connectivity index (χ0) is 30.3. The molecule has 8 heteroatoms. The van der Waals surface area contributed by atoms with E-state index >= 15 is 0 Å². The average molecular weight is 561 g/mol. The third-order valence-electron chi connectivity index (χ3n) is 11.7. The molecule has 0 saturated heterocycles. The summed E-state index contributed by atoms with van der Waals surface area (Å²) in [6, 6.07) is 0. The Bertz CT molecular complexity index is 1150. The van der Waals surface area contributed by atoms with Crippen LogP contribution in [0.25, 0.3) is 0 Å². The van der Waals surface area contributed by atoms with Gasteiger partial charge in [0, 0.05) is 24.7 Å². The largest absolute Gasteiger partial charge is 0.456 e. The molecule has 0 bridgehead atoms. The molecule has 4 aliphatic rings. The minimum absolute atomic E-state index is 0.0150. The number of esters is 1. The molecule has 224 valence electrons. The maximum absolute atomic E-state index is 14.4. The number of aliphatic hydroxyl groups excluding tert-OH is 3. The van der Waals surface area contributed by atoms with Gasteiger partial charge in [-0.2, -0.15) is 0 Å². The van der Waals surface area contributed by atoms with Crippen LogP contribution in [0.3, 0.4) is 0 Å². The predicted molar refractivity (Wildman–Crippen MR) is 149 cm³/mol. The number of carbonyl (C=O) groups excluding carboxylic acids is 3. The molecule has 4 aliphatic carbocycles. The first-order valence-electron chi connectivity index (χ1n) is 14.6. The van der Waals surface area contributed by atoms with E-state index in [1.54, 1.807) is 13.8 Å². The van der Waals surface area contributed by atoms with Crippen molar-refractivity contribution in [1.29, 1.82) is 0 Å². The van der Waals surface area contributed by atoms with Crippen molar-refractivity contribution >= 4 is 17.5 Å². The average Bonchev–Trinajstić information content (AvgIpc) is 3.03. The Balaban J connectivity index is 1.76. The highest BCUT2D eigenvalue weighted by Crippen LogP contribution is 2.74. The van der Waals surface area contributed by atoms with Crippen LogP contribution in [0.2, 0.25) is 0 Å². The van der Waals surface area contributed by atoms with Crippen LogP contribution in [0, 0.1) is 39.4 Å². The van der Waals surface area contributed by atoms with Crippen LogP contribution in [0.5, 0.6) is 0 Å². The van der Waals surface area contributed by atoms with Crippen molar-refractivity contribution in [3.05, 3.63) is 23.8 Å². The number of Topliss-reactive ketones (excluding diaryl/α,β-unsaturated/α-hetero) is 1. The van der Waals surface area contributed by atoms with Gasteiger partial charge in [0.1, 0.15) is 17.0 Å². The van der Waals surface area contributed by atoms with Crippen molar-refractivity contribution in [1.82, 2.24) is 0 Å². The number of carbonyl (C=O) groups is 3. The van der Waals surface area contributed by atoms with E-state index in [0.29, 0.717) is 19.3 Å². The number of hydrogen-bond acceptors (Lipinski definition) is 8. The van der Waals surface area contributed by atoms with Crippen LogP contribution in [-0.2, 0) is 19.1 Å². The highest BCUT2D eigenvalue weighted by Gasteiger charge is 2.75. The summed E-state index contributed by atoms with van der Waals surface area (Å²) in [5.41, 5.74) is -5.21. The molecule has 0 aromatic heterocycles. The monoisotopic (exact) mass is 560 g/mol. The molecule has 0 aliphatic heterocycles. The molecule has 0 spiro atoms. The fourth-order valence-corrected chi connectivity index (χ4v) is 9.56. The van der Waals surface area contributed by atoms with Gasteiger partial charge in [0.25, 0.3) is 0 Å². The van der Waals surface area contributed by atoms with E-state index in [4.69, 9.17) is 4.74 Å². The third-order valence-corrected chi connectivity index (χ3v) is 11.7. The van der Waals surface area contributed by atoms with E-state index in [0.717, 1.165) is 5.57 Å². The second-order valence-electron chi connectivity index (χ2n) is 14.7. The molecular formula is C32H48O8. The zero-order valence-electron chi connectivity index (χ0n) is 25.3. The minimum Gasteiger partial charge on any atom is -0.456 e. The summed E-state index contributed by atoms with van der Waals surface area (Å²) in [5, 5.41) is 45.1. The van der Waals surface area contributed by atoms with Gasteiger partial charge in [0.05, 0.1) is 24.2 Å². The smallest absolute Gasteiger partial charge is 0.303 e. The van der Waals surface area contributed by atoms with Crippen LogP contribution in [0.15, 0.2) is 23.8 Å². The number of hydrogen-bond donors (Lipinski definition) is 4. The van der Waals surface area contributed by atoms with Gasteiger partial charge in [-0.25, -0.2) is 0 Å². The predicted octanol–water partition coefficient (Wildman–Crippen LogP) is 3.29. The molecule has 3 fully saturated rings. The first kappa shape index (κ1) is 31.1. The lowest BCUT2D eigenvalue weighted by molar-refractivity contribution is -0.191. The lowest BCUT2D eigenvalue weighted by atomic mass is 9.38. The Labute approximate surface area is 237 Å². The van der Waals surface area contributed by atoms with Crippen molar-refractivity contribution in [2.24, 2.45) is 39.4 Å². The molecule has 9 atom stereocenters. The standard InChI is InChI=1S/C32H48O8/c1-18(34)40-27(2,3)14-13-24(37)31(8,39)26-21(35)15-29(6)22-11-9-19-20(10-12-23(36)28(19,4)5)32(22,17-33)25(38)16-30(26,29)7/h9,13-14,20-23,26,33,35-36,39H,10-12,15-17H2,1-8H3/b14-13+/t20-,21-,22-,23-,26-,29-,30+,31?,32-/m0/s1. The molecule has 8 nitrogen and oxygen atoms in total. The molecule has 0 amide bonds. The molecule has 0 heterocycles. The van der Waals surface area contributed by atoms with E-state index in [2.05, 4.69) is 6.08 Å². The maximum Gasteiger partial charge on any atom is 0.303 e. The molecule has 1 unspecified atom stereocenters. The molecule has 4 N–H and O–H groups in total. The summed E-state index contributed by atoms with van der Waals surface area (Å²) in [5.74, 6) is -2.70. The fraction of sp³-hybridized carbons (Fsp3) is 0.781. The summed E-state index contributed by atoms with van der Waals surface area (Å²) in [4.78, 5) is 39.3. The molecule has 0 aromatic rings. The quantitative estimate of drug-likeness (QED) is 0.220. The second-order valence-corrected chi connectivity index (χ2v) is 14.7. The van der Waals surface area contributed by atoms with Gasteiger partial charge in [-0.3, -0.25) is 14.4 Å². The van der Waals surface area contributed by atoms with Gasteiger partial charge in [-0.15, -0.1) is 0 Å². The van der Waals surface area contributed by atoms with Crippen molar-refractivity contribution in [2.45, 2.75) is 111 Å². The summed E-state index contributed by atoms with van der Waals surface area (Å²) in [6.45, 7) is 13.5. The summed E-state index contributed by atoms with van der Waals surface area (Å²) >= 11 is 0. The molecule has 0 aromatic carbocycles. The SMILES string of the molecule is CC(=O)OC(C)(C)/C=C/C(=O)C(C)(O)[C@H]1[C@@H](O)C[C@@]2(C)[C@@H]3CC=C4[C@H](CC[C@H](O)C4(C)C)[C@]3(CO)C(=O)C[C@]12C. The lowest BCUT2D eigenvalue weighted by Crippen LogP contribution is -2.66. The number of ether oxygens (including phenoxy) is 1. The van der Waals surface area contributed by atoms with Gasteiger partial charge in [0.15, 0.2) is 5.78 Å². The number of fused-ring (bicyclic) bond motifs is 5. The molecule has 0 radical (unpaired) electrons. The Morgan fingerprint density at radius 3 is 2.30 bits per heavy atom. The normalized spacial score (nSPS) is 42.4. The van der Waals surface area contributed by atoms with Crippen LogP contribution in [0.1, 0.15) is 87.5 Å². The Kier molecular flexibility index (Phi) is 7.44. The van der Waals surface area contributed by atoms with Crippen molar-refractivity contribution in [3.8, 4) is 0 Å². The lowest BCUT2D eigenvalue weighted by Gasteiger charge is -2.65. The van der Waals surface area contributed by atoms with Crippen LogP contribution in [0.4, 0.5) is 0 Å². The Morgan fingerprint density at radius 2 is 1.73 bits per heavy atom. The van der Waals surface area contributed by atoms with Gasteiger partial charge >= 0.3 is 5.97 Å². The molecule has 3 saturated carbocycles. The first-order valence-corrected chi connectivity index (χ1v) is 14.6. The minimum atomic E-state index is -2.00. The van der Waals surface area contributed by atoms with Crippen molar-refractivity contribution < 1.29 is 39.5 Å². The Hall–Kier alpha value is -1.87. The van der Waals surface area contributed by atoms with Crippen LogP contribution in [-0.4, -0.2) is 68.0 Å². The van der Waals surface area contributed by atoms with E-state index in [-0.39, 0.29) is 37.1 Å². The van der Waals surface area contributed by atoms with Crippen molar-refractivity contribution in [3.63, 3.8) is 0 Å². The highest BCUT2D eigenvalue weighted by atomic mass is 16.6. The number of aliphatic hydroxyl groups is 4. The van der Waals surface area contributed by atoms with Crippen LogP contribution < -0.4 is 0 Å². The highest BCUT2D eigenvalue weighted by molar-refractivity contribution is 5.97. The van der Waals surface area contributed by atoms with Gasteiger partial charge in [-0.1, -0.05) is 39.3 Å². The zero-order valence-corrected chi connectivity index (χ0v) is 25.3. The van der Waals surface area contributed by atoms with Gasteiger partial charge < -0.3 is 25.2 Å². The Morgan fingerprint density at radius 1 is 1.10 bits per heavy atom. The maximum atomic E-state index is 14.4. The van der Waals surface area contributed by atoms with E-state index in [1.807, 2.05) is 27.7 Å². The topological polar surface area (TPSA) is 141 Å². The van der Waals surface area contributed by atoms with Crippen LogP contribution >= 0.6 is 0 Å². The first-order chi connectivity index (χ1) is 18.2. The van der Waals surface area contributed by atoms with Crippen molar-refractivity contribution in [2.75, 3.05) is 6.61 Å².